The summed E-state index contributed by atoms with van der Waals surface area (Å²) in [6, 6.07) is 12.1. The average molecular weight is 319 g/mol. The number of hydrogen-bond donors (Lipinski definition) is 1. The van der Waals surface area contributed by atoms with Crippen LogP contribution in [0.5, 0.6) is 0 Å². The van der Waals surface area contributed by atoms with Gasteiger partial charge in [-0.1, -0.05) is 41.9 Å². The second kappa shape index (κ2) is 7.54. The molecule has 0 atom stereocenters. The highest BCUT2D eigenvalue weighted by Gasteiger charge is 2.14. The van der Waals surface area contributed by atoms with Crippen LogP contribution in [0.2, 0.25) is 5.15 Å². The summed E-state index contributed by atoms with van der Waals surface area (Å²) < 4.78 is 5.37. The lowest BCUT2D eigenvalue weighted by Gasteiger charge is -2.28. The fourth-order valence-electron chi connectivity index (χ4n) is 2.40. The van der Waals surface area contributed by atoms with Gasteiger partial charge in [0, 0.05) is 25.7 Å². The minimum Gasteiger partial charge on any atom is -0.378 e. The second-order valence-corrected chi connectivity index (χ2v) is 5.54. The lowest BCUT2D eigenvalue weighted by atomic mass is 10.2. The predicted molar refractivity (Wildman–Crippen MR) is 87.1 cm³/mol. The third-order valence-corrected chi connectivity index (χ3v) is 3.71. The molecule has 1 aliphatic heterocycles. The molecule has 6 heteroatoms. The van der Waals surface area contributed by atoms with Gasteiger partial charge < -0.3 is 15.0 Å². The molecule has 0 amide bonds. The Kier molecular flexibility index (Phi) is 5.21. The Morgan fingerprint density at radius 2 is 1.86 bits per heavy atom. The summed E-state index contributed by atoms with van der Waals surface area (Å²) in [4.78, 5) is 11.1. The van der Waals surface area contributed by atoms with Gasteiger partial charge in [0.25, 0.3) is 0 Å². The van der Waals surface area contributed by atoms with Gasteiger partial charge in [0.05, 0.1) is 19.8 Å². The third-order valence-electron chi connectivity index (χ3n) is 3.52. The van der Waals surface area contributed by atoms with E-state index in [1.165, 1.54) is 5.56 Å². The van der Waals surface area contributed by atoms with Crippen LogP contribution < -0.4 is 10.2 Å². The SMILES string of the molecule is Clc1cc(N2CCOCC2)nc(CNCc2ccccc2)n1. The normalized spacial score (nSPS) is 15.0. The molecular weight excluding hydrogens is 300 g/mol. The van der Waals surface area contributed by atoms with Crippen LogP contribution in [-0.2, 0) is 17.8 Å². The van der Waals surface area contributed by atoms with Gasteiger partial charge in [-0.2, -0.15) is 0 Å². The Balaban J connectivity index is 1.62. The highest BCUT2D eigenvalue weighted by Crippen LogP contribution is 2.17. The van der Waals surface area contributed by atoms with E-state index >= 15 is 0 Å². The van der Waals surface area contributed by atoms with E-state index in [0.29, 0.717) is 17.5 Å². The van der Waals surface area contributed by atoms with Gasteiger partial charge >= 0.3 is 0 Å². The number of benzene rings is 1. The largest absolute Gasteiger partial charge is 0.378 e. The Bertz CT molecular complexity index is 602. The fourth-order valence-corrected chi connectivity index (χ4v) is 2.59. The molecule has 116 valence electrons. The van der Waals surface area contributed by atoms with Crippen molar-refractivity contribution in [3.8, 4) is 0 Å². The molecule has 22 heavy (non-hydrogen) atoms. The van der Waals surface area contributed by atoms with Crippen LogP contribution in [0.4, 0.5) is 5.82 Å². The van der Waals surface area contributed by atoms with E-state index in [4.69, 9.17) is 16.3 Å². The molecule has 2 aromatic rings. The first-order chi connectivity index (χ1) is 10.8. The molecule has 0 bridgehead atoms. The van der Waals surface area contributed by atoms with Gasteiger partial charge in [-0.15, -0.1) is 0 Å². The highest BCUT2D eigenvalue weighted by molar-refractivity contribution is 6.29. The number of hydrogen-bond acceptors (Lipinski definition) is 5. The van der Waals surface area contributed by atoms with E-state index in [1.807, 2.05) is 24.3 Å². The molecule has 1 saturated heterocycles. The number of morpholine rings is 1. The monoisotopic (exact) mass is 318 g/mol. The molecule has 1 aromatic heterocycles. The van der Waals surface area contributed by atoms with Crippen LogP contribution in [0.1, 0.15) is 11.4 Å². The Labute approximate surface area is 135 Å². The van der Waals surface area contributed by atoms with Gasteiger partial charge in [-0.25, -0.2) is 9.97 Å². The van der Waals surface area contributed by atoms with Crippen LogP contribution in [0, 0.1) is 0 Å². The van der Waals surface area contributed by atoms with Crippen molar-refractivity contribution in [1.29, 1.82) is 0 Å². The number of aromatic nitrogens is 2. The summed E-state index contributed by atoms with van der Waals surface area (Å²) in [5.41, 5.74) is 1.23. The zero-order chi connectivity index (χ0) is 15.2. The smallest absolute Gasteiger partial charge is 0.146 e. The molecule has 1 aliphatic rings. The molecule has 0 unspecified atom stereocenters. The van der Waals surface area contributed by atoms with E-state index in [0.717, 1.165) is 38.7 Å². The van der Waals surface area contributed by atoms with Gasteiger partial charge in [0.2, 0.25) is 0 Å². The summed E-state index contributed by atoms with van der Waals surface area (Å²) in [5, 5.41) is 3.83. The van der Waals surface area contributed by atoms with Crippen LogP contribution in [0.3, 0.4) is 0 Å². The zero-order valence-electron chi connectivity index (χ0n) is 12.3. The number of nitrogens with one attached hydrogen (secondary N) is 1. The quantitative estimate of drug-likeness (QED) is 0.857. The second-order valence-electron chi connectivity index (χ2n) is 5.15. The molecular formula is C16H19ClN4O. The van der Waals surface area contributed by atoms with Gasteiger partial charge in [0.1, 0.15) is 16.8 Å². The van der Waals surface area contributed by atoms with Gasteiger partial charge in [-0.05, 0) is 5.56 Å². The van der Waals surface area contributed by atoms with Gasteiger partial charge in [0.15, 0.2) is 0 Å². The molecule has 0 radical (unpaired) electrons. The topological polar surface area (TPSA) is 50.3 Å². The zero-order valence-corrected chi connectivity index (χ0v) is 13.1. The minimum absolute atomic E-state index is 0.480. The van der Waals surface area contributed by atoms with Crippen molar-refractivity contribution < 1.29 is 4.74 Å². The first-order valence-corrected chi connectivity index (χ1v) is 7.80. The number of anilines is 1. The minimum atomic E-state index is 0.480. The first kappa shape index (κ1) is 15.2. The lowest BCUT2D eigenvalue weighted by molar-refractivity contribution is 0.122. The third kappa shape index (κ3) is 4.16. The number of nitrogens with zero attached hydrogens (tertiary/aromatic N) is 3. The Morgan fingerprint density at radius 1 is 1.09 bits per heavy atom. The highest BCUT2D eigenvalue weighted by atomic mass is 35.5. The fraction of sp³-hybridized carbons (Fsp3) is 0.375. The van der Waals surface area contributed by atoms with Crippen molar-refractivity contribution in [2.75, 3.05) is 31.2 Å². The average Bonchev–Trinajstić information content (AvgIpc) is 2.56. The molecule has 1 N–H and O–H groups in total. The Morgan fingerprint density at radius 3 is 2.64 bits per heavy atom. The maximum Gasteiger partial charge on any atom is 0.146 e. The van der Waals surface area contributed by atoms with Crippen LogP contribution in [0.25, 0.3) is 0 Å². The lowest BCUT2D eigenvalue weighted by Crippen LogP contribution is -2.37. The van der Waals surface area contributed by atoms with E-state index in [9.17, 15) is 0 Å². The Hall–Kier alpha value is -1.69. The molecule has 0 spiro atoms. The first-order valence-electron chi connectivity index (χ1n) is 7.42. The number of halogens is 1. The summed E-state index contributed by atoms with van der Waals surface area (Å²) in [6.45, 7) is 4.50. The molecule has 3 rings (SSSR count). The van der Waals surface area contributed by atoms with Crippen molar-refractivity contribution in [2.45, 2.75) is 13.1 Å². The van der Waals surface area contributed by atoms with E-state index in [2.05, 4.69) is 32.3 Å². The summed E-state index contributed by atoms with van der Waals surface area (Å²) >= 11 is 6.13. The molecule has 0 aliphatic carbocycles. The molecule has 5 nitrogen and oxygen atoms in total. The summed E-state index contributed by atoms with van der Waals surface area (Å²) in [6.07, 6.45) is 0. The standard InChI is InChI=1S/C16H19ClN4O/c17-14-10-16(21-6-8-22-9-7-21)20-15(19-14)12-18-11-13-4-2-1-3-5-13/h1-5,10,18H,6-9,11-12H2. The summed E-state index contributed by atoms with van der Waals surface area (Å²) in [7, 11) is 0. The van der Waals surface area contributed by atoms with Crippen molar-refractivity contribution in [2.24, 2.45) is 0 Å². The predicted octanol–water partition coefficient (Wildman–Crippen LogP) is 2.26. The van der Waals surface area contributed by atoms with E-state index in [-0.39, 0.29) is 0 Å². The van der Waals surface area contributed by atoms with Crippen molar-refractivity contribution in [3.63, 3.8) is 0 Å². The molecule has 1 aromatic carbocycles. The maximum absolute atomic E-state index is 6.13. The van der Waals surface area contributed by atoms with Crippen molar-refractivity contribution in [1.82, 2.24) is 15.3 Å². The number of ether oxygens (including phenoxy) is 1. The number of rotatable bonds is 5. The van der Waals surface area contributed by atoms with Crippen LogP contribution in [-0.4, -0.2) is 36.3 Å². The maximum atomic E-state index is 6.13. The van der Waals surface area contributed by atoms with Crippen LogP contribution in [0.15, 0.2) is 36.4 Å². The molecule has 2 heterocycles. The van der Waals surface area contributed by atoms with Crippen molar-refractivity contribution in [3.05, 3.63) is 52.9 Å². The summed E-state index contributed by atoms with van der Waals surface area (Å²) in [5.74, 6) is 1.59. The van der Waals surface area contributed by atoms with E-state index in [1.54, 1.807) is 0 Å². The van der Waals surface area contributed by atoms with Crippen molar-refractivity contribution >= 4 is 17.4 Å². The molecule has 0 saturated carbocycles. The van der Waals surface area contributed by atoms with E-state index < -0.39 is 0 Å². The molecule has 1 fully saturated rings. The van der Waals surface area contributed by atoms with Gasteiger partial charge in [-0.3, -0.25) is 0 Å². The van der Waals surface area contributed by atoms with Crippen LogP contribution >= 0.6 is 11.6 Å².